The van der Waals surface area contributed by atoms with Crippen LogP contribution < -0.4 is 9.47 Å². The first kappa shape index (κ1) is 17.6. The summed E-state index contributed by atoms with van der Waals surface area (Å²) in [6.07, 6.45) is 8.42. The van der Waals surface area contributed by atoms with E-state index in [0.29, 0.717) is 0 Å². The summed E-state index contributed by atoms with van der Waals surface area (Å²) in [6, 6.07) is 24.5. The second kappa shape index (κ2) is 8.72. The molecule has 0 N–H and O–H groups in total. The molecule has 2 nitrogen and oxygen atoms in total. The summed E-state index contributed by atoms with van der Waals surface area (Å²) in [5.74, 6) is 1.74. The van der Waals surface area contributed by atoms with Gasteiger partial charge in [0.05, 0.1) is 14.2 Å². The van der Waals surface area contributed by atoms with E-state index in [1.165, 1.54) is 11.1 Å². The quantitative estimate of drug-likeness (QED) is 0.508. The van der Waals surface area contributed by atoms with Crippen molar-refractivity contribution in [3.8, 4) is 11.5 Å². The number of hydrogen-bond acceptors (Lipinski definition) is 2. The molecule has 3 aromatic rings. The molecular formula is C24H22O2. The van der Waals surface area contributed by atoms with Crippen molar-refractivity contribution in [2.75, 3.05) is 14.2 Å². The van der Waals surface area contributed by atoms with Gasteiger partial charge in [0.25, 0.3) is 0 Å². The van der Waals surface area contributed by atoms with E-state index >= 15 is 0 Å². The summed E-state index contributed by atoms with van der Waals surface area (Å²) in [5, 5.41) is 0. The topological polar surface area (TPSA) is 18.5 Å². The highest BCUT2D eigenvalue weighted by molar-refractivity contribution is 5.73. The summed E-state index contributed by atoms with van der Waals surface area (Å²) in [6.45, 7) is 0. The van der Waals surface area contributed by atoms with E-state index in [1.807, 2.05) is 48.5 Å². The third kappa shape index (κ3) is 4.87. The molecule has 0 aliphatic carbocycles. The Hall–Kier alpha value is -3.26. The minimum Gasteiger partial charge on any atom is -0.497 e. The molecule has 0 saturated carbocycles. The van der Waals surface area contributed by atoms with Crippen molar-refractivity contribution in [3.05, 3.63) is 95.1 Å². The maximum Gasteiger partial charge on any atom is 0.118 e. The number of methoxy groups -OCH3 is 2. The van der Waals surface area contributed by atoms with Crippen LogP contribution in [0.4, 0.5) is 0 Å². The van der Waals surface area contributed by atoms with E-state index < -0.39 is 0 Å². The van der Waals surface area contributed by atoms with Gasteiger partial charge in [-0.25, -0.2) is 0 Å². The van der Waals surface area contributed by atoms with E-state index in [0.717, 1.165) is 22.6 Å². The SMILES string of the molecule is COc1ccc(/C=C/c2ccc(/C=C/c3ccc(OC)cc3)cc2)cc1. The van der Waals surface area contributed by atoms with Gasteiger partial charge in [0, 0.05) is 0 Å². The van der Waals surface area contributed by atoms with Gasteiger partial charge in [0.15, 0.2) is 0 Å². The molecule has 3 aromatic carbocycles. The highest BCUT2D eigenvalue weighted by Crippen LogP contribution is 2.16. The average Bonchev–Trinajstić information content (AvgIpc) is 2.72. The van der Waals surface area contributed by atoms with Crippen molar-refractivity contribution in [1.82, 2.24) is 0 Å². The van der Waals surface area contributed by atoms with Crippen LogP contribution in [0.15, 0.2) is 72.8 Å². The normalized spacial score (nSPS) is 11.2. The van der Waals surface area contributed by atoms with Crippen LogP contribution in [0.25, 0.3) is 24.3 Å². The monoisotopic (exact) mass is 342 g/mol. The number of benzene rings is 3. The molecule has 0 spiro atoms. The lowest BCUT2D eigenvalue weighted by atomic mass is 10.1. The number of ether oxygens (including phenoxy) is 2. The summed E-state index contributed by atoms with van der Waals surface area (Å²) in [5.41, 5.74) is 4.63. The number of hydrogen-bond donors (Lipinski definition) is 0. The number of rotatable bonds is 6. The second-order valence-electron chi connectivity index (χ2n) is 5.88. The first-order valence-electron chi connectivity index (χ1n) is 8.51. The molecular weight excluding hydrogens is 320 g/mol. The molecule has 0 aliphatic heterocycles. The first-order chi connectivity index (χ1) is 12.8. The standard InChI is InChI=1S/C24H22O2/c1-25-23-15-11-21(12-16-23)9-7-19-3-5-20(6-4-19)8-10-22-13-17-24(26-2)18-14-22/h3-18H,1-2H3/b9-7+,10-8+. The Morgan fingerprint density at radius 1 is 0.423 bits per heavy atom. The fourth-order valence-corrected chi connectivity index (χ4v) is 2.53. The zero-order chi connectivity index (χ0) is 18.2. The molecule has 26 heavy (non-hydrogen) atoms. The lowest BCUT2D eigenvalue weighted by Gasteiger charge is -2.00. The third-order valence-electron chi connectivity index (χ3n) is 4.10. The van der Waals surface area contributed by atoms with Gasteiger partial charge in [-0.3, -0.25) is 0 Å². The van der Waals surface area contributed by atoms with Crippen molar-refractivity contribution >= 4 is 24.3 Å². The van der Waals surface area contributed by atoms with Crippen LogP contribution in [0, 0.1) is 0 Å². The predicted molar refractivity (Wildman–Crippen MR) is 110 cm³/mol. The highest BCUT2D eigenvalue weighted by Gasteiger charge is 1.93. The molecule has 0 aromatic heterocycles. The largest absolute Gasteiger partial charge is 0.497 e. The summed E-state index contributed by atoms with van der Waals surface area (Å²) in [7, 11) is 3.35. The third-order valence-corrected chi connectivity index (χ3v) is 4.10. The molecule has 0 aliphatic rings. The van der Waals surface area contributed by atoms with Crippen LogP contribution in [0.3, 0.4) is 0 Å². The van der Waals surface area contributed by atoms with Crippen LogP contribution in [0.2, 0.25) is 0 Å². The maximum absolute atomic E-state index is 5.17. The Bertz CT molecular complexity index is 795. The van der Waals surface area contributed by atoms with Crippen LogP contribution in [0.1, 0.15) is 22.3 Å². The van der Waals surface area contributed by atoms with E-state index in [1.54, 1.807) is 14.2 Å². The van der Waals surface area contributed by atoms with Gasteiger partial charge >= 0.3 is 0 Å². The van der Waals surface area contributed by atoms with Crippen LogP contribution in [-0.4, -0.2) is 14.2 Å². The molecule has 0 fully saturated rings. The van der Waals surface area contributed by atoms with Gasteiger partial charge in [-0.1, -0.05) is 72.8 Å². The predicted octanol–water partition coefficient (Wildman–Crippen LogP) is 6.04. The van der Waals surface area contributed by atoms with E-state index in [-0.39, 0.29) is 0 Å². The van der Waals surface area contributed by atoms with Gasteiger partial charge in [-0.05, 0) is 46.5 Å². The molecule has 130 valence electrons. The summed E-state index contributed by atoms with van der Waals surface area (Å²) < 4.78 is 10.3. The Morgan fingerprint density at radius 3 is 0.885 bits per heavy atom. The molecule has 0 saturated heterocycles. The van der Waals surface area contributed by atoms with Crippen molar-refractivity contribution in [2.45, 2.75) is 0 Å². The zero-order valence-electron chi connectivity index (χ0n) is 15.1. The zero-order valence-corrected chi connectivity index (χ0v) is 15.1. The molecule has 3 rings (SSSR count). The summed E-state index contributed by atoms with van der Waals surface area (Å²) in [4.78, 5) is 0. The van der Waals surface area contributed by atoms with Crippen molar-refractivity contribution in [2.24, 2.45) is 0 Å². The Kier molecular flexibility index (Phi) is 5.89. The highest BCUT2D eigenvalue weighted by atomic mass is 16.5. The smallest absolute Gasteiger partial charge is 0.118 e. The Balaban J connectivity index is 1.63. The molecule has 0 radical (unpaired) electrons. The minimum absolute atomic E-state index is 0.871. The lowest BCUT2D eigenvalue weighted by Crippen LogP contribution is -1.81. The lowest BCUT2D eigenvalue weighted by molar-refractivity contribution is 0.414. The van der Waals surface area contributed by atoms with Crippen molar-refractivity contribution in [3.63, 3.8) is 0 Å². The van der Waals surface area contributed by atoms with Gasteiger partial charge in [-0.15, -0.1) is 0 Å². The fraction of sp³-hybridized carbons (Fsp3) is 0.0833. The molecule has 0 amide bonds. The van der Waals surface area contributed by atoms with Gasteiger partial charge in [0.2, 0.25) is 0 Å². The summed E-state index contributed by atoms with van der Waals surface area (Å²) >= 11 is 0. The molecule has 0 bridgehead atoms. The van der Waals surface area contributed by atoms with Crippen molar-refractivity contribution in [1.29, 1.82) is 0 Å². The first-order valence-corrected chi connectivity index (χ1v) is 8.51. The Labute approximate surface area is 155 Å². The fourth-order valence-electron chi connectivity index (χ4n) is 2.53. The Morgan fingerprint density at radius 2 is 0.654 bits per heavy atom. The molecule has 0 atom stereocenters. The van der Waals surface area contributed by atoms with Crippen LogP contribution in [0.5, 0.6) is 11.5 Å². The minimum atomic E-state index is 0.871. The molecule has 0 unspecified atom stereocenters. The van der Waals surface area contributed by atoms with Gasteiger partial charge in [0.1, 0.15) is 11.5 Å². The maximum atomic E-state index is 5.17. The second-order valence-corrected chi connectivity index (χ2v) is 5.88. The van der Waals surface area contributed by atoms with E-state index in [9.17, 15) is 0 Å². The van der Waals surface area contributed by atoms with Gasteiger partial charge in [-0.2, -0.15) is 0 Å². The van der Waals surface area contributed by atoms with Crippen molar-refractivity contribution < 1.29 is 9.47 Å². The van der Waals surface area contributed by atoms with E-state index in [4.69, 9.17) is 9.47 Å². The van der Waals surface area contributed by atoms with Crippen LogP contribution in [-0.2, 0) is 0 Å². The van der Waals surface area contributed by atoms with E-state index in [2.05, 4.69) is 48.6 Å². The molecule has 0 heterocycles. The average molecular weight is 342 g/mol. The van der Waals surface area contributed by atoms with Gasteiger partial charge < -0.3 is 9.47 Å². The molecule has 2 heteroatoms. The van der Waals surface area contributed by atoms with Crippen LogP contribution >= 0.6 is 0 Å².